The number of nitrogens with one attached hydrogen (secondary N) is 1. The Morgan fingerprint density at radius 2 is 1.95 bits per heavy atom. The van der Waals surface area contributed by atoms with Gasteiger partial charge in [0.2, 0.25) is 11.8 Å². The zero-order valence-electron chi connectivity index (χ0n) is 10.3. The molecule has 5 nitrogen and oxygen atoms in total. The molecule has 0 aliphatic carbocycles. The van der Waals surface area contributed by atoms with Gasteiger partial charge < -0.3 is 15.8 Å². The van der Waals surface area contributed by atoms with Crippen molar-refractivity contribution in [2.75, 3.05) is 13.7 Å². The highest BCUT2D eigenvalue weighted by atomic mass is 35.5. The van der Waals surface area contributed by atoms with Crippen LogP contribution in [0.15, 0.2) is 18.2 Å². The number of hydrogen-bond acceptors (Lipinski definition) is 3. The summed E-state index contributed by atoms with van der Waals surface area (Å²) in [5.74, 6) is -1.10. The van der Waals surface area contributed by atoms with E-state index in [1.54, 1.807) is 18.2 Å². The van der Waals surface area contributed by atoms with Crippen LogP contribution in [0.25, 0.3) is 0 Å². The van der Waals surface area contributed by atoms with Crippen LogP contribution in [0, 0.1) is 0 Å². The number of halogens is 2. The van der Waals surface area contributed by atoms with Crippen LogP contribution in [0.4, 0.5) is 0 Å². The molecule has 0 radical (unpaired) electrons. The lowest BCUT2D eigenvalue weighted by Gasteiger charge is -2.16. The lowest BCUT2D eigenvalue weighted by atomic mass is 10.1. The Bertz CT molecular complexity index is 460. The normalized spacial score (nSPS) is 11.9. The fraction of sp³-hybridized carbons (Fsp3) is 0.333. The van der Waals surface area contributed by atoms with Crippen LogP contribution in [0.5, 0.6) is 0 Å². The van der Waals surface area contributed by atoms with Crippen LogP contribution in [0.2, 0.25) is 10.0 Å². The van der Waals surface area contributed by atoms with Crippen LogP contribution in [-0.2, 0) is 20.7 Å². The summed E-state index contributed by atoms with van der Waals surface area (Å²) in [4.78, 5) is 22.8. The van der Waals surface area contributed by atoms with Gasteiger partial charge in [-0.25, -0.2) is 0 Å². The molecule has 7 heteroatoms. The molecule has 1 aromatic carbocycles. The third-order valence-electron chi connectivity index (χ3n) is 2.42. The van der Waals surface area contributed by atoms with Crippen LogP contribution >= 0.6 is 23.2 Å². The second-order valence-corrected chi connectivity index (χ2v) is 4.67. The molecule has 19 heavy (non-hydrogen) atoms. The monoisotopic (exact) mass is 304 g/mol. The third kappa shape index (κ3) is 4.70. The number of carbonyl (C=O) groups excluding carboxylic acids is 2. The first-order valence-corrected chi connectivity index (χ1v) is 6.21. The minimum Gasteiger partial charge on any atom is -0.375 e. The standard InChI is InChI=1S/C12H14Cl2N2O3/c1-19-6-11(17)16-10(12(15)18)5-7-8(13)3-2-4-9(7)14/h2-4,10H,5-6H2,1H3,(H2,15,18)(H,16,17)/t10-/m1/s1. The van der Waals surface area contributed by atoms with Crippen molar-refractivity contribution in [2.45, 2.75) is 12.5 Å². The molecule has 104 valence electrons. The van der Waals surface area contributed by atoms with Gasteiger partial charge >= 0.3 is 0 Å². The fourth-order valence-electron chi connectivity index (χ4n) is 1.52. The summed E-state index contributed by atoms with van der Waals surface area (Å²) in [5, 5.41) is 3.30. The van der Waals surface area contributed by atoms with Crippen molar-refractivity contribution in [3.05, 3.63) is 33.8 Å². The third-order valence-corrected chi connectivity index (χ3v) is 3.13. The Hall–Kier alpha value is -1.30. The predicted octanol–water partition coefficient (Wildman–Crippen LogP) is 1.15. The predicted molar refractivity (Wildman–Crippen MR) is 73.2 cm³/mol. The average Bonchev–Trinajstić information content (AvgIpc) is 2.32. The first kappa shape index (κ1) is 15.8. The van der Waals surface area contributed by atoms with Gasteiger partial charge in [0.05, 0.1) is 0 Å². The molecule has 0 fully saturated rings. The highest BCUT2D eigenvalue weighted by Crippen LogP contribution is 2.25. The van der Waals surface area contributed by atoms with Gasteiger partial charge in [0.15, 0.2) is 0 Å². The van der Waals surface area contributed by atoms with Gasteiger partial charge in [0.1, 0.15) is 12.6 Å². The van der Waals surface area contributed by atoms with E-state index in [4.69, 9.17) is 28.9 Å². The number of primary amides is 1. The Labute approximate surface area is 121 Å². The minimum absolute atomic E-state index is 0.128. The molecule has 0 aliphatic heterocycles. The first-order valence-electron chi connectivity index (χ1n) is 5.46. The van der Waals surface area contributed by atoms with Crippen LogP contribution < -0.4 is 11.1 Å². The molecule has 3 N–H and O–H groups in total. The lowest BCUT2D eigenvalue weighted by Crippen LogP contribution is -2.47. The fourth-order valence-corrected chi connectivity index (χ4v) is 2.07. The maximum atomic E-state index is 11.4. The number of hydrogen-bond donors (Lipinski definition) is 2. The van der Waals surface area contributed by atoms with Gasteiger partial charge in [-0.15, -0.1) is 0 Å². The summed E-state index contributed by atoms with van der Waals surface area (Å²) in [5.41, 5.74) is 5.81. The van der Waals surface area contributed by atoms with E-state index >= 15 is 0 Å². The maximum Gasteiger partial charge on any atom is 0.246 e. The quantitative estimate of drug-likeness (QED) is 0.827. The maximum absolute atomic E-state index is 11.4. The number of carbonyl (C=O) groups is 2. The largest absolute Gasteiger partial charge is 0.375 e. The first-order chi connectivity index (χ1) is 8.95. The van der Waals surface area contributed by atoms with Crippen LogP contribution in [0.1, 0.15) is 5.56 Å². The van der Waals surface area contributed by atoms with E-state index in [1.807, 2.05) is 0 Å². The summed E-state index contributed by atoms with van der Waals surface area (Å²) < 4.78 is 4.67. The van der Waals surface area contributed by atoms with E-state index < -0.39 is 17.9 Å². The molecule has 0 spiro atoms. The molecule has 0 bridgehead atoms. The number of nitrogens with two attached hydrogens (primary N) is 1. The Kier molecular flexibility index (Phi) is 6.08. The summed E-state index contributed by atoms with van der Waals surface area (Å²) in [7, 11) is 1.38. The highest BCUT2D eigenvalue weighted by molar-refractivity contribution is 6.36. The van der Waals surface area contributed by atoms with Gasteiger partial charge in [0.25, 0.3) is 0 Å². The molecule has 1 aromatic rings. The Morgan fingerprint density at radius 3 is 2.42 bits per heavy atom. The summed E-state index contributed by atoms with van der Waals surface area (Å²) in [6, 6.07) is 4.10. The SMILES string of the molecule is COCC(=O)N[C@H](Cc1c(Cl)cccc1Cl)C(N)=O. The molecular formula is C12H14Cl2N2O3. The molecule has 0 saturated carbocycles. The topological polar surface area (TPSA) is 81.4 Å². The van der Waals surface area contributed by atoms with Crippen molar-refractivity contribution in [2.24, 2.45) is 5.73 Å². The molecule has 2 amide bonds. The van der Waals surface area contributed by atoms with Crippen molar-refractivity contribution < 1.29 is 14.3 Å². The molecule has 0 aromatic heterocycles. The molecule has 0 aliphatic rings. The van der Waals surface area contributed by atoms with Gasteiger partial charge in [-0.05, 0) is 17.7 Å². The van der Waals surface area contributed by atoms with Crippen molar-refractivity contribution >= 4 is 35.0 Å². The molecule has 1 atom stereocenters. The molecule has 0 saturated heterocycles. The van der Waals surface area contributed by atoms with Crippen molar-refractivity contribution in [1.29, 1.82) is 0 Å². The summed E-state index contributed by atoms with van der Waals surface area (Å²) in [6.07, 6.45) is 0.128. The van der Waals surface area contributed by atoms with Crippen LogP contribution in [0.3, 0.4) is 0 Å². The Morgan fingerprint density at radius 1 is 1.37 bits per heavy atom. The van der Waals surface area contributed by atoms with Gasteiger partial charge in [0, 0.05) is 23.6 Å². The van der Waals surface area contributed by atoms with Crippen molar-refractivity contribution in [3.63, 3.8) is 0 Å². The number of benzene rings is 1. The average molecular weight is 305 g/mol. The second kappa shape index (κ2) is 7.33. The summed E-state index contributed by atoms with van der Waals surface area (Å²) in [6.45, 7) is -0.153. The number of rotatable bonds is 6. The molecular weight excluding hydrogens is 291 g/mol. The van der Waals surface area contributed by atoms with Gasteiger partial charge in [-0.2, -0.15) is 0 Å². The number of methoxy groups -OCH3 is 1. The molecule has 1 rings (SSSR count). The zero-order chi connectivity index (χ0) is 14.4. The number of ether oxygens (including phenoxy) is 1. The van der Waals surface area contributed by atoms with E-state index in [0.717, 1.165) is 0 Å². The lowest BCUT2D eigenvalue weighted by molar-refractivity contribution is -0.129. The zero-order valence-corrected chi connectivity index (χ0v) is 11.8. The molecule has 0 unspecified atom stereocenters. The van der Waals surface area contributed by atoms with Gasteiger partial charge in [-0.3, -0.25) is 9.59 Å². The van der Waals surface area contributed by atoms with Gasteiger partial charge in [-0.1, -0.05) is 29.3 Å². The van der Waals surface area contributed by atoms with Crippen molar-refractivity contribution in [1.82, 2.24) is 5.32 Å². The summed E-state index contributed by atoms with van der Waals surface area (Å²) >= 11 is 12.0. The number of amides is 2. The van der Waals surface area contributed by atoms with E-state index in [-0.39, 0.29) is 13.0 Å². The van der Waals surface area contributed by atoms with E-state index in [0.29, 0.717) is 15.6 Å². The van der Waals surface area contributed by atoms with Crippen LogP contribution in [-0.4, -0.2) is 31.6 Å². The van der Waals surface area contributed by atoms with E-state index in [1.165, 1.54) is 7.11 Å². The van der Waals surface area contributed by atoms with E-state index in [2.05, 4.69) is 10.1 Å². The minimum atomic E-state index is -0.889. The van der Waals surface area contributed by atoms with Crippen molar-refractivity contribution in [3.8, 4) is 0 Å². The Balaban J connectivity index is 2.84. The molecule has 0 heterocycles. The highest BCUT2D eigenvalue weighted by Gasteiger charge is 2.21. The second-order valence-electron chi connectivity index (χ2n) is 3.86. The van der Waals surface area contributed by atoms with E-state index in [9.17, 15) is 9.59 Å². The smallest absolute Gasteiger partial charge is 0.246 e.